The van der Waals surface area contributed by atoms with Gasteiger partial charge in [-0.05, 0) is 56.6 Å². The second-order valence-corrected chi connectivity index (χ2v) is 7.63. The van der Waals surface area contributed by atoms with Crippen LogP contribution in [0.5, 0.6) is 0 Å². The minimum absolute atomic E-state index is 0.0327. The molecule has 4 rings (SSSR count). The predicted octanol–water partition coefficient (Wildman–Crippen LogP) is 3.40. The maximum Gasteiger partial charge on any atom is 0.419 e. The Kier molecular flexibility index (Phi) is 5.81. The molecule has 0 bridgehead atoms. The van der Waals surface area contributed by atoms with E-state index in [4.69, 9.17) is 4.42 Å². The fraction of sp³-hybridized carbons (Fsp3) is 0.391. The third-order valence-electron chi connectivity index (χ3n) is 5.67. The summed E-state index contributed by atoms with van der Waals surface area (Å²) in [6, 6.07) is 15.8. The van der Waals surface area contributed by atoms with Crippen LogP contribution >= 0.6 is 0 Å². The molecule has 29 heavy (non-hydrogen) atoms. The van der Waals surface area contributed by atoms with Crippen molar-refractivity contribution in [1.82, 2.24) is 9.47 Å². The maximum atomic E-state index is 12.2. The van der Waals surface area contributed by atoms with Crippen LogP contribution in [-0.2, 0) is 6.54 Å². The lowest BCUT2D eigenvalue weighted by molar-refractivity contribution is 0.101. The van der Waals surface area contributed by atoms with E-state index >= 15 is 0 Å². The van der Waals surface area contributed by atoms with Gasteiger partial charge in [-0.1, -0.05) is 18.2 Å². The van der Waals surface area contributed by atoms with E-state index in [9.17, 15) is 9.59 Å². The minimum Gasteiger partial charge on any atom is -0.408 e. The Morgan fingerprint density at radius 1 is 0.966 bits per heavy atom. The van der Waals surface area contributed by atoms with Crippen LogP contribution in [0.15, 0.2) is 57.7 Å². The lowest BCUT2D eigenvalue weighted by Crippen LogP contribution is -2.46. The molecule has 1 aliphatic heterocycles. The zero-order valence-corrected chi connectivity index (χ0v) is 16.8. The van der Waals surface area contributed by atoms with Crippen molar-refractivity contribution in [2.45, 2.75) is 26.3 Å². The molecule has 0 radical (unpaired) electrons. The number of Topliss-reactive ketones (excluding diaryl/α,β-unsaturated/α-hetero) is 1. The van der Waals surface area contributed by atoms with Gasteiger partial charge < -0.3 is 9.32 Å². The Labute approximate surface area is 170 Å². The van der Waals surface area contributed by atoms with E-state index in [2.05, 4.69) is 40.1 Å². The highest BCUT2D eigenvalue weighted by Crippen LogP contribution is 2.17. The van der Waals surface area contributed by atoms with E-state index in [0.29, 0.717) is 17.7 Å². The third kappa shape index (κ3) is 4.43. The Hall–Kier alpha value is -2.86. The number of aryl methyl sites for hydroxylation is 1. The highest BCUT2D eigenvalue weighted by molar-refractivity contribution is 5.96. The molecule has 152 valence electrons. The molecule has 1 aliphatic rings. The number of benzene rings is 2. The first-order chi connectivity index (χ1) is 14.1. The predicted molar refractivity (Wildman–Crippen MR) is 115 cm³/mol. The van der Waals surface area contributed by atoms with Crippen molar-refractivity contribution in [3.8, 4) is 0 Å². The van der Waals surface area contributed by atoms with Crippen molar-refractivity contribution in [2.24, 2.45) is 0 Å². The molecule has 2 aromatic carbocycles. The first-order valence-corrected chi connectivity index (χ1v) is 10.3. The van der Waals surface area contributed by atoms with Gasteiger partial charge in [0.25, 0.3) is 0 Å². The van der Waals surface area contributed by atoms with E-state index in [1.54, 1.807) is 22.8 Å². The Bertz CT molecular complexity index is 1030. The summed E-state index contributed by atoms with van der Waals surface area (Å²) in [6.07, 6.45) is 1.96. The quantitative estimate of drug-likeness (QED) is 0.455. The van der Waals surface area contributed by atoms with E-state index < -0.39 is 0 Å². The van der Waals surface area contributed by atoms with Gasteiger partial charge >= 0.3 is 5.76 Å². The number of ketones is 1. The van der Waals surface area contributed by atoms with Gasteiger partial charge in [-0.3, -0.25) is 14.3 Å². The number of anilines is 1. The van der Waals surface area contributed by atoms with Crippen LogP contribution in [0.2, 0.25) is 0 Å². The van der Waals surface area contributed by atoms with Crippen molar-refractivity contribution in [3.63, 3.8) is 0 Å². The summed E-state index contributed by atoms with van der Waals surface area (Å²) in [4.78, 5) is 28.6. The second-order valence-electron chi connectivity index (χ2n) is 7.63. The third-order valence-corrected chi connectivity index (χ3v) is 5.67. The van der Waals surface area contributed by atoms with Crippen LogP contribution < -0.4 is 10.7 Å². The van der Waals surface area contributed by atoms with Crippen LogP contribution in [-0.4, -0.2) is 48.0 Å². The van der Waals surface area contributed by atoms with Crippen molar-refractivity contribution >= 4 is 22.6 Å². The van der Waals surface area contributed by atoms with E-state index in [0.717, 1.165) is 51.1 Å². The number of unbranched alkanes of at least 4 members (excludes halogenated alkanes) is 1. The number of rotatable bonds is 7. The smallest absolute Gasteiger partial charge is 0.408 e. The zero-order chi connectivity index (χ0) is 20.2. The molecule has 0 aliphatic carbocycles. The number of fused-ring (bicyclic) bond motifs is 1. The van der Waals surface area contributed by atoms with E-state index in [1.807, 2.05) is 0 Å². The van der Waals surface area contributed by atoms with Crippen LogP contribution in [0.1, 0.15) is 30.1 Å². The van der Waals surface area contributed by atoms with Gasteiger partial charge in [-0.2, -0.15) is 0 Å². The molecule has 0 saturated carbocycles. The summed E-state index contributed by atoms with van der Waals surface area (Å²) in [6.45, 7) is 7.42. The van der Waals surface area contributed by atoms with Crippen LogP contribution in [0.3, 0.4) is 0 Å². The number of carbonyl (C=O) groups is 1. The molecule has 0 atom stereocenters. The molecular formula is C23H27N3O3. The van der Waals surface area contributed by atoms with E-state index in [-0.39, 0.29) is 11.5 Å². The Morgan fingerprint density at radius 3 is 2.41 bits per heavy atom. The normalized spacial score (nSPS) is 15.1. The molecule has 0 N–H and O–H groups in total. The molecule has 3 aromatic rings. The first-order valence-electron chi connectivity index (χ1n) is 10.3. The topological polar surface area (TPSA) is 58.7 Å². The highest BCUT2D eigenvalue weighted by atomic mass is 16.4. The average Bonchev–Trinajstić information content (AvgIpc) is 3.06. The summed E-state index contributed by atoms with van der Waals surface area (Å²) < 4.78 is 7.00. The van der Waals surface area contributed by atoms with Gasteiger partial charge in [-0.25, -0.2) is 4.79 Å². The fourth-order valence-corrected chi connectivity index (χ4v) is 3.97. The van der Waals surface area contributed by atoms with Gasteiger partial charge in [0.2, 0.25) is 0 Å². The molecule has 1 aromatic heterocycles. The van der Waals surface area contributed by atoms with Crippen LogP contribution in [0.4, 0.5) is 5.69 Å². The monoisotopic (exact) mass is 393 g/mol. The van der Waals surface area contributed by atoms with Crippen molar-refractivity contribution in [3.05, 3.63) is 64.6 Å². The summed E-state index contributed by atoms with van der Waals surface area (Å²) in [5.41, 5.74) is 3.11. The highest BCUT2D eigenvalue weighted by Gasteiger charge is 2.17. The molecule has 0 unspecified atom stereocenters. The fourth-order valence-electron chi connectivity index (χ4n) is 3.97. The average molecular weight is 393 g/mol. The summed E-state index contributed by atoms with van der Waals surface area (Å²) >= 11 is 0. The molecule has 0 amide bonds. The summed E-state index contributed by atoms with van der Waals surface area (Å²) in [5.74, 6) is -0.383. The number of piperazine rings is 1. The SMILES string of the molecule is CC(=O)c1ccc2c(c1)oc(=O)n2CCCCN1CCN(c2ccccc2)CC1. The van der Waals surface area contributed by atoms with E-state index in [1.165, 1.54) is 12.6 Å². The number of hydrogen-bond acceptors (Lipinski definition) is 5. The number of aromatic nitrogens is 1. The van der Waals surface area contributed by atoms with Crippen molar-refractivity contribution < 1.29 is 9.21 Å². The molecule has 2 heterocycles. The summed E-state index contributed by atoms with van der Waals surface area (Å²) in [7, 11) is 0. The van der Waals surface area contributed by atoms with Gasteiger partial charge in [-0.15, -0.1) is 0 Å². The molecule has 1 saturated heterocycles. The van der Waals surface area contributed by atoms with Crippen LogP contribution in [0.25, 0.3) is 11.1 Å². The Balaban J connectivity index is 1.27. The molecule has 6 nitrogen and oxygen atoms in total. The van der Waals surface area contributed by atoms with Gasteiger partial charge in [0.05, 0.1) is 5.52 Å². The molecular weight excluding hydrogens is 366 g/mol. The first kappa shape index (κ1) is 19.5. The van der Waals surface area contributed by atoms with Gasteiger partial charge in [0.1, 0.15) is 0 Å². The van der Waals surface area contributed by atoms with Crippen molar-refractivity contribution in [2.75, 3.05) is 37.6 Å². The molecule has 1 fully saturated rings. The van der Waals surface area contributed by atoms with Gasteiger partial charge in [0.15, 0.2) is 11.4 Å². The standard InChI is InChI=1S/C23H27N3O3/c1-18(27)19-9-10-21-22(17-19)29-23(28)26(21)12-6-5-11-24-13-15-25(16-14-24)20-7-3-2-4-8-20/h2-4,7-10,17H,5-6,11-16H2,1H3. The zero-order valence-electron chi connectivity index (χ0n) is 16.8. The van der Waals surface area contributed by atoms with Crippen molar-refractivity contribution in [1.29, 1.82) is 0 Å². The molecule has 0 spiro atoms. The lowest BCUT2D eigenvalue weighted by Gasteiger charge is -2.36. The number of nitrogens with zero attached hydrogens (tertiary/aromatic N) is 3. The summed E-state index contributed by atoms with van der Waals surface area (Å²) in [5, 5.41) is 0. The lowest BCUT2D eigenvalue weighted by atomic mass is 10.1. The minimum atomic E-state index is -0.350. The second kappa shape index (κ2) is 8.66. The number of oxazole rings is 1. The van der Waals surface area contributed by atoms with Crippen LogP contribution in [0, 0.1) is 0 Å². The maximum absolute atomic E-state index is 12.2. The largest absolute Gasteiger partial charge is 0.419 e. The Morgan fingerprint density at radius 2 is 1.69 bits per heavy atom. The number of hydrogen-bond donors (Lipinski definition) is 0. The molecule has 6 heteroatoms. The van der Waals surface area contributed by atoms with Gasteiger partial charge in [0, 0.05) is 44.0 Å². The number of carbonyl (C=O) groups excluding carboxylic acids is 1. The number of para-hydroxylation sites is 1.